The first kappa shape index (κ1) is 18.1. The van der Waals surface area contributed by atoms with Gasteiger partial charge in [-0.2, -0.15) is 0 Å². The molecule has 4 nitrogen and oxygen atoms in total. The van der Waals surface area contributed by atoms with Gasteiger partial charge in [-0.3, -0.25) is 0 Å². The fraction of sp³-hybridized carbons (Fsp3) is 0.200. The second-order valence-electron chi connectivity index (χ2n) is 5.83. The number of benzene rings is 2. The molecule has 0 aliphatic carbocycles. The van der Waals surface area contributed by atoms with Crippen LogP contribution in [-0.4, -0.2) is 9.97 Å². The molecule has 1 atom stereocenters. The molecule has 2 aromatic carbocycles. The Kier molecular flexibility index (Phi) is 5.68. The summed E-state index contributed by atoms with van der Waals surface area (Å²) in [6.07, 6.45) is 2.26. The van der Waals surface area contributed by atoms with Gasteiger partial charge in [-0.15, -0.1) is 0 Å². The first-order chi connectivity index (χ1) is 12.6. The molecule has 6 heteroatoms. The molecule has 0 aliphatic heterocycles. The van der Waals surface area contributed by atoms with Gasteiger partial charge in [0.1, 0.15) is 34.5 Å². The minimum absolute atomic E-state index is 0.00646. The lowest BCUT2D eigenvalue weighted by atomic mass is 10.1. The number of anilines is 1. The zero-order valence-electron chi connectivity index (χ0n) is 14.5. The van der Waals surface area contributed by atoms with Gasteiger partial charge in [0.15, 0.2) is 0 Å². The van der Waals surface area contributed by atoms with Gasteiger partial charge in [-0.1, -0.05) is 30.7 Å². The van der Waals surface area contributed by atoms with Crippen molar-refractivity contribution in [3.63, 3.8) is 0 Å². The molecular formula is C20H19ClFN3O. The minimum Gasteiger partial charge on any atom is -0.457 e. The second kappa shape index (κ2) is 8.15. The first-order valence-electron chi connectivity index (χ1n) is 8.36. The lowest BCUT2D eigenvalue weighted by Gasteiger charge is -2.17. The fourth-order valence-electron chi connectivity index (χ4n) is 2.51. The maximum atomic E-state index is 12.9. The largest absolute Gasteiger partial charge is 0.457 e. The van der Waals surface area contributed by atoms with Crippen molar-refractivity contribution in [2.24, 2.45) is 0 Å². The van der Waals surface area contributed by atoms with Crippen LogP contribution in [0.2, 0.25) is 5.02 Å². The van der Waals surface area contributed by atoms with Gasteiger partial charge in [-0.05, 0) is 55.3 Å². The highest BCUT2D eigenvalue weighted by Gasteiger charge is 2.12. The van der Waals surface area contributed by atoms with E-state index in [-0.39, 0.29) is 11.9 Å². The molecule has 0 aliphatic rings. The summed E-state index contributed by atoms with van der Waals surface area (Å²) in [5.74, 6) is 1.60. The molecular weight excluding hydrogens is 353 g/mol. The van der Waals surface area contributed by atoms with Gasteiger partial charge in [0.05, 0.1) is 5.69 Å². The van der Waals surface area contributed by atoms with Gasteiger partial charge in [0.2, 0.25) is 0 Å². The van der Waals surface area contributed by atoms with E-state index in [0.717, 1.165) is 17.7 Å². The topological polar surface area (TPSA) is 47.0 Å². The normalized spacial score (nSPS) is 11.8. The van der Waals surface area contributed by atoms with Crippen molar-refractivity contribution in [3.8, 4) is 11.5 Å². The Morgan fingerprint density at radius 2 is 1.65 bits per heavy atom. The number of rotatable bonds is 6. The van der Waals surface area contributed by atoms with Crippen LogP contribution < -0.4 is 10.1 Å². The van der Waals surface area contributed by atoms with Crippen molar-refractivity contribution in [2.75, 3.05) is 5.32 Å². The predicted molar refractivity (Wildman–Crippen MR) is 101 cm³/mol. The zero-order chi connectivity index (χ0) is 18.5. The molecule has 0 saturated carbocycles. The van der Waals surface area contributed by atoms with Crippen molar-refractivity contribution in [2.45, 2.75) is 26.3 Å². The van der Waals surface area contributed by atoms with Crippen molar-refractivity contribution in [1.29, 1.82) is 0 Å². The summed E-state index contributed by atoms with van der Waals surface area (Å²) in [5, 5.41) is 3.86. The van der Waals surface area contributed by atoms with E-state index in [2.05, 4.69) is 15.3 Å². The SMILES string of the molecule is CCc1ncnc(NC(C)c2ccc(Oc3ccc(F)cc3)cc2)c1Cl. The van der Waals surface area contributed by atoms with Gasteiger partial charge in [-0.25, -0.2) is 14.4 Å². The summed E-state index contributed by atoms with van der Waals surface area (Å²) in [7, 11) is 0. The minimum atomic E-state index is -0.290. The molecule has 134 valence electrons. The smallest absolute Gasteiger partial charge is 0.148 e. The third-order valence-corrected chi connectivity index (χ3v) is 4.38. The molecule has 0 radical (unpaired) electrons. The van der Waals surface area contributed by atoms with E-state index in [9.17, 15) is 4.39 Å². The van der Waals surface area contributed by atoms with Crippen molar-refractivity contribution < 1.29 is 9.13 Å². The Bertz CT molecular complexity index is 869. The molecule has 26 heavy (non-hydrogen) atoms. The zero-order valence-corrected chi connectivity index (χ0v) is 15.3. The Labute approximate surface area is 157 Å². The number of ether oxygens (including phenoxy) is 1. The van der Waals surface area contributed by atoms with Crippen molar-refractivity contribution in [3.05, 3.63) is 77.0 Å². The lowest BCUT2D eigenvalue weighted by Crippen LogP contribution is -2.09. The monoisotopic (exact) mass is 371 g/mol. The van der Waals surface area contributed by atoms with E-state index in [4.69, 9.17) is 16.3 Å². The molecule has 3 aromatic rings. The van der Waals surface area contributed by atoms with Crippen LogP contribution in [0.15, 0.2) is 54.9 Å². The average Bonchev–Trinajstić information content (AvgIpc) is 2.66. The summed E-state index contributed by atoms with van der Waals surface area (Å²) in [6.45, 7) is 4.03. The van der Waals surface area contributed by atoms with Crippen LogP contribution in [0, 0.1) is 5.82 Å². The number of halogens is 2. The summed E-state index contributed by atoms with van der Waals surface area (Å²) in [4.78, 5) is 8.39. The quantitative estimate of drug-likeness (QED) is 0.595. The van der Waals surface area contributed by atoms with Crippen molar-refractivity contribution >= 4 is 17.4 Å². The second-order valence-corrected chi connectivity index (χ2v) is 6.21. The van der Waals surface area contributed by atoms with Gasteiger partial charge < -0.3 is 10.1 Å². The summed E-state index contributed by atoms with van der Waals surface area (Å²) < 4.78 is 18.6. The molecule has 0 saturated heterocycles. The first-order valence-corrected chi connectivity index (χ1v) is 8.74. The number of nitrogens with one attached hydrogen (secondary N) is 1. The summed E-state index contributed by atoms with van der Waals surface area (Å²) >= 11 is 6.33. The van der Waals surface area contributed by atoms with E-state index in [1.54, 1.807) is 12.1 Å². The van der Waals surface area contributed by atoms with Crippen LogP contribution in [0.1, 0.15) is 31.1 Å². The third-order valence-electron chi connectivity index (χ3n) is 3.98. The third kappa shape index (κ3) is 4.29. The van der Waals surface area contributed by atoms with Crippen LogP contribution >= 0.6 is 11.6 Å². The van der Waals surface area contributed by atoms with Gasteiger partial charge >= 0.3 is 0 Å². The molecule has 0 fully saturated rings. The number of hydrogen-bond donors (Lipinski definition) is 1. The summed E-state index contributed by atoms with van der Waals surface area (Å²) in [6, 6.07) is 13.6. The van der Waals surface area contributed by atoms with Crippen LogP contribution in [0.4, 0.5) is 10.2 Å². The van der Waals surface area contributed by atoms with E-state index in [0.29, 0.717) is 22.3 Å². The summed E-state index contributed by atoms with van der Waals surface area (Å²) in [5.41, 5.74) is 1.88. The van der Waals surface area contributed by atoms with Crippen LogP contribution in [0.3, 0.4) is 0 Å². The maximum Gasteiger partial charge on any atom is 0.148 e. The van der Waals surface area contributed by atoms with Gasteiger partial charge in [0.25, 0.3) is 0 Å². The van der Waals surface area contributed by atoms with E-state index >= 15 is 0 Å². The van der Waals surface area contributed by atoms with E-state index in [1.165, 1.54) is 18.5 Å². The Morgan fingerprint density at radius 3 is 2.27 bits per heavy atom. The van der Waals surface area contributed by atoms with Crippen molar-refractivity contribution in [1.82, 2.24) is 9.97 Å². The average molecular weight is 372 g/mol. The van der Waals surface area contributed by atoms with E-state index < -0.39 is 0 Å². The molecule has 0 amide bonds. The Hall–Kier alpha value is -2.66. The highest BCUT2D eigenvalue weighted by Crippen LogP contribution is 2.28. The molecule has 1 aromatic heterocycles. The number of aryl methyl sites for hydroxylation is 1. The lowest BCUT2D eigenvalue weighted by molar-refractivity contribution is 0.480. The maximum absolute atomic E-state index is 12.9. The highest BCUT2D eigenvalue weighted by atomic mass is 35.5. The number of aromatic nitrogens is 2. The fourth-order valence-corrected chi connectivity index (χ4v) is 2.79. The Morgan fingerprint density at radius 1 is 1.04 bits per heavy atom. The van der Waals surface area contributed by atoms with Crippen LogP contribution in [-0.2, 0) is 6.42 Å². The van der Waals surface area contributed by atoms with Crippen LogP contribution in [0.25, 0.3) is 0 Å². The molecule has 0 bridgehead atoms. The van der Waals surface area contributed by atoms with E-state index in [1.807, 2.05) is 38.1 Å². The predicted octanol–water partition coefficient (Wildman–Crippen LogP) is 5.80. The molecule has 1 N–H and O–H groups in total. The molecule has 1 unspecified atom stereocenters. The Balaban J connectivity index is 1.69. The molecule has 1 heterocycles. The molecule has 3 rings (SSSR count). The van der Waals surface area contributed by atoms with Gasteiger partial charge in [0, 0.05) is 6.04 Å². The number of hydrogen-bond acceptors (Lipinski definition) is 4. The standard InChI is InChI=1S/C20H19ClFN3O/c1-3-18-19(21)20(24-12-23-18)25-13(2)14-4-8-16(9-5-14)26-17-10-6-15(22)7-11-17/h4-13H,3H2,1-2H3,(H,23,24,25). The number of nitrogens with zero attached hydrogens (tertiary/aromatic N) is 2. The van der Waals surface area contributed by atoms with Crippen LogP contribution in [0.5, 0.6) is 11.5 Å². The molecule has 0 spiro atoms. The highest BCUT2D eigenvalue weighted by molar-refractivity contribution is 6.33.